The lowest BCUT2D eigenvalue weighted by atomic mass is 10.2. The lowest BCUT2D eigenvalue weighted by molar-refractivity contribution is 1.08. The molecule has 0 bridgehead atoms. The molecule has 0 aliphatic heterocycles. The third kappa shape index (κ3) is 2.27. The molecule has 1 N–H and O–H groups in total. The summed E-state index contributed by atoms with van der Waals surface area (Å²) in [6.45, 7) is 0. The summed E-state index contributed by atoms with van der Waals surface area (Å²) < 4.78 is 2.95. The average molecular weight is 344 g/mol. The van der Waals surface area contributed by atoms with E-state index in [2.05, 4.69) is 9.97 Å². The largest absolute Gasteiger partial charge is 0.312 e. The molecule has 0 aliphatic rings. The third-order valence-electron chi connectivity index (χ3n) is 4.11. The molecule has 0 atom stereocenters. The second-order valence-corrected chi connectivity index (χ2v) is 6.69. The van der Waals surface area contributed by atoms with Crippen molar-refractivity contribution in [2.24, 2.45) is 0 Å². The van der Waals surface area contributed by atoms with Crippen LogP contribution in [0.1, 0.15) is 0 Å². The molecule has 0 aliphatic carbocycles. The van der Waals surface area contributed by atoms with Crippen LogP contribution in [0.4, 0.5) is 0 Å². The van der Waals surface area contributed by atoms with Crippen molar-refractivity contribution < 1.29 is 0 Å². The molecule has 0 unspecified atom stereocenters. The van der Waals surface area contributed by atoms with Gasteiger partial charge in [-0.05, 0) is 30.3 Å². The second-order valence-electron chi connectivity index (χ2n) is 5.68. The van der Waals surface area contributed by atoms with Gasteiger partial charge < -0.3 is 4.98 Å². The van der Waals surface area contributed by atoms with Crippen molar-refractivity contribution in [3.05, 3.63) is 76.5 Å². The zero-order chi connectivity index (χ0) is 16.8. The molecule has 5 nitrogen and oxygen atoms in total. The Balaban J connectivity index is 1.85. The van der Waals surface area contributed by atoms with Gasteiger partial charge in [0.05, 0.1) is 15.9 Å². The lowest BCUT2D eigenvalue weighted by Crippen LogP contribution is -1.98. The van der Waals surface area contributed by atoms with Crippen molar-refractivity contribution in [2.45, 2.75) is 0 Å². The van der Waals surface area contributed by atoms with Gasteiger partial charge >= 0.3 is 4.87 Å². The third-order valence-corrected chi connectivity index (χ3v) is 4.96. The van der Waals surface area contributed by atoms with Crippen LogP contribution in [0, 0.1) is 0 Å². The molecule has 5 aromatic rings. The van der Waals surface area contributed by atoms with E-state index in [0.29, 0.717) is 0 Å². The number of benzene rings is 2. The first-order valence-corrected chi connectivity index (χ1v) is 8.63. The molecule has 0 saturated heterocycles. The van der Waals surface area contributed by atoms with E-state index in [1.54, 1.807) is 6.20 Å². The Morgan fingerprint density at radius 3 is 2.76 bits per heavy atom. The van der Waals surface area contributed by atoms with Gasteiger partial charge in [0.15, 0.2) is 5.65 Å². The normalized spacial score (nSPS) is 11.4. The van der Waals surface area contributed by atoms with E-state index >= 15 is 0 Å². The van der Waals surface area contributed by atoms with Crippen LogP contribution in [-0.4, -0.2) is 19.5 Å². The smallest absolute Gasteiger partial charge is 0.305 e. The molecule has 25 heavy (non-hydrogen) atoms. The number of nitrogens with zero attached hydrogens (tertiary/aromatic N) is 3. The number of thiazole rings is 1. The highest BCUT2D eigenvalue weighted by Crippen LogP contribution is 2.29. The quantitative estimate of drug-likeness (QED) is 0.527. The lowest BCUT2D eigenvalue weighted by Gasteiger charge is -2.09. The van der Waals surface area contributed by atoms with Gasteiger partial charge in [-0.2, -0.15) is 0 Å². The first-order valence-electron chi connectivity index (χ1n) is 7.82. The SMILES string of the molecule is O=c1[nH]c2ccc(-n3c(-c4ccccc4)nc4cccnc43)cc2s1. The van der Waals surface area contributed by atoms with Crippen molar-refractivity contribution in [3.8, 4) is 17.1 Å². The van der Waals surface area contributed by atoms with Crippen molar-refractivity contribution >= 4 is 32.7 Å². The number of imidazole rings is 1. The Morgan fingerprint density at radius 1 is 1.00 bits per heavy atom. The van der Waals surface area contributed by atoms with E-state index in [1.807, 2.05) is 65.2 Å². The Labute approximate surface area is 146 Å². The summed E-state index contributed by atoms with van der Waals surface area (Å²) in [6, 6.07) is 19.8. The van der Waals surface area contributed by atoms with Gasteiger partial charge in [-0.3, -0.25) is 9.36 Å². The van der Waals surface area contributed by atoms with Gasteiger partial charge in [-0.1, -0.05) is 41.7 Å². The number of aromatic amines is 1. The molecule has 0 fully saturated rings. The van der Waals surface area contributed by atoms with E-state index in [1.165, 1.54) is 11.3 Å². The fourth-order valence-corrected chi connectivity index (χ4v) is 3.78. The molecule has 3 aromatic heterocycles. The van der Waals surface area contributed by atoms with Crippen LogP contribution in [0.25, 0.3) is 38.5 Å². The average Bonchev–Trinajstić information content (AvgIpc) is 3.21. The molecular formula is C19H12N4OS. The number of hydrogen-bond acceptors (Lipinski definition) is 4. The number of rotatable bonds is 2. The number of aromatic nitrogens is 4. The Morgan fingerprint density at radius 2 is 1.88 bits per heavy atom. The number of H-pyrrole nitrogens is 1. The summed E-state index contributed by atoms with van der Waals surface area (Å²) in [4.78, 5) is 23.7. The van der Waals surface area contributed by atoms with E-state index in [4.69, 9.17) is 4.98 Å². The van der Waals surface area contributed by atoms with Gasteiger partial charge in [0, 0.05) is 11.8 Å². The Bertz CT molecular complexity index is 1270. The van der Waals surface area contributed by atoms with Crippen LogP contribution in [-0.2, 0) is 0 Å². The number of nitrogens with one attached hydrogen (secondary N) is 1. The Kier molecular flexibility index (Phi) is 3.05. The number of fused-ring (bicyclic) bond motifs is 2. The van der Waals surface area contributed by atoms with Crippen LogP contribution < -0.4 is 4.87 Å². The van der Waals surface area contributed by atoms with Crippen molar-refractivity contribution in [2.75, 3.05) is 0 Å². The molecule has 3 heterocycles. The van der Waals surface area contributed by atoms with E-state index in [0.717, 1.165) is 38.5 Å². The predicted molar refractivity (Wildman–Crippen MR) is 100 cm³/mol. The Hall–Kier alpha value is -3.25. The standard InChI is InChI=1S/C19H12N4OS/c24-19-22-14-9-8-13(11-16(14)25-19)23-17(12-5-2-1-3-6-12)21-15-7-4-10-20-18(15)23/h1-11H,(H,22,24). The fraction of sp³-hybridized carbons (Fsp3) is 0. The predicted octanol–water partition coefficient (Wildman–Crippen LogP) is 3.99. The maximum absolute atomic E-state index is 11.6. The first kappa shape index (κ1) is 14.1. The highest BCUT2D eigenvalue weighted by molar-refractivity contribution is 7.16. The molecule has 2 aromatic carbocycles. The summed E-state index contributed by atoms with van der Waals surface area (Å²) in [7, 11) is 0. The first-order chi connectivity index (χ1) is 12.3. The van der Waals surface area contributed by atoms with Gasteiger partial charge in [-0.25, -0.2) is 9.97 Å². The maximum Gasteiger partial charge on any atom is 0.305 e. The zero-order valence-corrected chi connectivity index (χ0v) is 13.8. The molecule has 5 rings (SSSR count). The van der Waals surface area contributed by atoms with Gasteiger partial charge in [-0.15, -0.1) is 0 Å². The molecular weight excluding hydrogens is 332 g/mol. The topological polar surface area (TPSA) is 63.6 Å². The van der Waals surface area contributed by atoms with Crippen molar-refractivity contribution in [1.29, 1.82) is 0 Å². The number of hydrogen-bond donors (Lipinski definition) is 1. The van der Waals surface area contributed by atoms with Gasteiger partial charge in [0.25, 0.3) is 0 Å². The van der Waals surface area contributed by atoms with Crippen molar-refractivity contribution in [1.82, 2.24) is 19.5 Å². The molecule has 0 amide bonds. The molecule has 120 valence electrons. The molecule has 0 spiro atoms. The molecule has 6 heteroatoms. The van der Waals surface area contributed by atoms with E-state index in [-0.39, 0.29) is 4.87 Å². The van der Waals surface area contributed by atoms with Crippen LogP contribution in [0.3, 0.4) is 0 Å². The van der Waals surface area contributed by atoms with E-state index < -0.39 is 0 Å². The van der Waals surface area contributed by atoms with Crippen LogP contribution in [0.15, 0.2) is 71.7 Å². The summed E-state index contributed by atoms with van der Waals surface area (Å²) in [5.74, 6) is 0.830. The zero-order valence-electron chi connectivity index (χ0n) is 13.0. The van der Waals surface area contributed by atoms with Gasteiger partial charge in [0.1, 0.15) is 11.3 Å². The minimum atomic E-state index is -0.0518. The highest BCUT2D eigenvalue weighted by atomic mass is 32.1. The van der Waals surface area contributed by atoms with Crippen molar-refractivity contribution in [3.63, 3.8) is 0 Å². The summed E-state index contributed by atoms with van der Waals surface area (Å²) >= 11 is 1.21. The fourth-order valence-electron chi connectivity index (χ4n) is 3.01. The summed E-state index contributed by atoms with van der Waals surface area (Å²) in [6.07, 6.45) is 1.77. The monoisotopic (exact) mass is 344 g/mol. The molecule has 0 radical (unpaired) electrons. The summed E-state index contributed by atoms with van der Waals surface area (Å²) in [5.41, 5.74) is 4.43. The minimum Gasteiger partial charge on any atom is -0.312 e. The highest BCUT2D eigenvalue weighted by Gasteiger charge is 2.15. The summed E-state index contributed by atoms with van der Waals surface area (Å²) in [5, 5.41) is 0. The second kappa shape index (κ2) is 5.39. The van der Waals surface area contributed by atoms with Crippen LogP contribution >= 0.6 is 11.3 Å². The van der Waals surface area contributed by atoms with Crippen LogP contribution in [0.5, 0.6) is 0 Å². The van der Waals surface area contributed by atoms with E-state index in [9.17, 15) is 4.79 Å². The minimum absolute atomic E-state index is 0.0518. The number of pyridine rings is 1. The maximum atomic E-state index is 11.6. The van der Waals surface area contributed by atoms with Gasteiger partial charge in [0.2, 0.25) is 0 Å². The van der Waals surface area contributed by atoms with Crippen LogP contribution in [0.2, 0.25) is 0 Å². The molecule has 0 saturated carbocycles.